The number of ether oxygens (including phenoxy) is 1. The van der Waals surface area contributed by atoms with E-state index in [-0.39, 0.29) is 0 Å². The van der Waals surface area contributed by atoms with E-state index in [2.05, 4.69) is 31.2 Å². The van der Waals surface area contributed by atoms with E-state index in [1.807, 2.05) is 6.07 Å². The molecule has 0 heterocycles. The van der Waals surface area contributed by atoms with Gasteiger partial charge in [0.1, 0.15) is 0 Å². The van der Waals surface area contributed by atoms with Crippen LogP contribution < -0.4 is 0 Å². The van der Waals surface area contributed by atoms with Crippen LogP contribution in [0.4, 0.5) is 0 Å². The quantitative estimate of drug-likeness (QED) is 0.607. The Balaban J connectivity index is 2.07. The van der Waals surface area contributed by atoms with Crippen molar-refractivity contribution >= 4 is 0 Å². The van der Waals surface area contributed by atoms with Crippen LogP contribution in [0.1, 0.15) is 18.4 Å². The van der Waals surface area contributed by atoms with Crippen LogP contribution in [0.2, 0.25) is 0 Å². The SMILES string of the molecule is [CH2]CCCOCCc1ccccc1. The van der Waals surface area contributed by atoms with Gasteiger partial charge < -0.3 is 4.74 Å². The van der Waals surface area contributed by atoms with Gasteiger partial charge in [-0.15, -0.1) is 0 Å². The highest BCUT2D eigenvalue weighted by atomic mass is 16.5. The van der Waals surface area contributed by atoms with Crippen LogP contribution >= 0.6 is 0 Å². The van der Waals surface area contributed by atoms with Crippen molar-refractivity contribution < 1.29 is 4.74 Å². The second-order valence-electron chi connectivity index (χ2n) is 3.06. The van der Waals surface area contributed by atoms with Crippen LogP contribution in [-0.2, 0) is 11.2 Å². The molecule has 0 aliphatic carbocycles. The molecule has 1 nitrogen and oxygen atoms in total. The summed E-state index contributed by atoms with van der Waals surface area (Å²) >= 11 is 0. The third-order valence-electron chi connectivity index (χ3n) is 1.92. The first-order valence-corrected chi connectivity index (χ1v) is 4.84. The molecule has 0 fully saturated rings. The monoisotopic (exact) mass is 177 g/mol. The lowest BCUT2D eigenvalue weighted by atomic mass is 10.2. The Morgan fingerprint density at radius 2 is 1.85 bits per heavy atom. The number of hydrogen-bond donors (Lipinski definition) is 0. The fourth-order valence-corrected chi connectivity index (χ4v) is 1.14. The lowest BCUT2D eigenvalue weighted by molar-refractivity contribution is 0.135. The zero-order chi connectivity index (χ0) is 9.36. The molecule has 1 heteroatoms. The lowest BCUT2D eigenvalue weighted by Crippen LogP contribution is -1.99. The molecule has 1 rings (SSSR count). The summed E-state index contributed by atoms with van der Waals surface area (Å²) in [5.41, 5.74) is 1.34. The molecule has 1 radical (unpaired) electrons. The number of unbranched alkanes of at least 4 members (excludes halogenated alkanes) is 1. The van der Waals surface area contributed by atoms with Crippen molar-refractivity contribution in [2.24, 2.45) is 0 Å². The zero-order valence-electron chi connectivity index (χ0n) is 8.04. The summed E-state index contributed by atoms with van der Waals surface area (Å²) in [5.74, 6) is 0. The van der Waals surface area contributed by atoms with Crippen LogP contribution in [0.25, 0.3) is 0 Å². The maximum atomic E-state index is 5.44. The minimum atomic E-state index is 0.823. The fourth-order valence-electron chi connectivity index (χ4n) is 1.14. The summed E-state index contributed by atoms with van der Waals surface area (Å²) in [6.45, 7) is 5.43. The van der Waals surface area contributed by atoms with Crippen molar-refractivity contribution in [3.63, 3.8) is 0 Å². The van der Waals surface area contributed by atoms with Crippen molar-refractivity contribution in [2.75, 3.05) is 13.2 Å². The van der Waals surface area contributed by atoms with Gasteiger partial charge in [-0.1, -0.05) is 43.7 Å². The molecule has 0 aliphatic rings. The second-order valence-corrected chi connectivity index (χ2v) is 3.06. The Morgan fingerprint density at radius 3 is 2.54 bits per heavy atom. The van der Waals surface area contributed by atoms with Crippen LogP contribution in [0.3, 0.4) is 0 Å². The highest BCUT2D eigenvalue weighted by Crippen LogP contribution is 1.99. The minimum Gasteiger partial charge on any atom is -0.381 e. The third kappa shape index (κ3) is 4.69. The molecule has 1 aromatic rings. The van der Waals surface area contributed by atoms with Gasteiger partial charge in [-0.2, -0.15) is 0 Å². The fraction of sp³-hybridized carbons (Fsp3) is 0.417. The molecule has 0 atom stereocenters. The van der Waals surface area contributed by atoms with E-state index < -0.39 is 0 Å². The van der Waals surface area contributed by atoms with Crippen LogP contribution in [0.15, 0.2) is 30.3 Å². The van der Waals surface area contributed by atoms with Gasteiger partial charge in [-0.25, -0.2) is 0 Å². The molecule has 0 saturated heterocycles. The molecule has 0 bridgehead atoms. The van der Waals surface area contributed by atoms with E-state index in [1.165, 1.54) is 5.56 Å². The van der Waals surface area contributed by atoms with Crippen molar-refractivity contribution in [3.05, 3.63) is 42.8 Å². The Kier molecular flexibility index (Phi) is 5.27. The Labute approximate surface area is 80.7 Å². The summed E-state index contributed by atoms with van der Waals surface area (Å²) in [6.07, 6.45) is 3.04. The number of rotatable bonds is 6. The van der Waals surface area contributed by atoms with Crippen LogP contribution in [0, 0.1) is 6.92 Å². The van der Waals surface area contributed by atoms with Gasteiger partial charge in [0.25, 0.3) is 0 Å². The van der Waals surface area contributed by atoms with Gasteiger partial charge in [-0.3, -0.25) is 0 Å². The number of hydrogen-bond acceptors (Lipinski definition) is 1. The molecule has 13 heavy (non-hydrogen) atoms. The predicted molar refractivity (Wildman–Crippen MR) is 55.6 cm³/mol. The minimum absolute atomic E-state index is 0.823. The molecule has 0 unspecified atom stereocenters. The van der Waals surface area contributed by atoms with Crippen molar-refractivity contribution in [2.45, 2.75) is 19.3 Å². The molecule has 0 spiro atoms. The normalized spacial score (nSPS) is 10.2. The van der Waals surface area contributed by atoms with Gasteiger partial charge >= 0.3 is 0 Å². The molecular formula is C12H17O. The second kappa shape index (κ2) is 6.67. The molecule has 0 aromatic heterocycles. The summed E-state index contributed by atoms with van der Waals surface area (Å²) in [7, 11) is 0. The number of benzene rings is 1. The van der Waals surface area contributed by atoms with Crippen LogP contribution in [0.5, 0.6) is 0 Å². The first kappa shape index (κ1) is 10.3. The summed E-state index contributed by atoms with van der Waals surface area (Å²) in [6, 6.07) is 10.4. The first-order valence-electron chi connectivity index (χ1n) is 4.84. The average molecular weight is 177 g/mol. The van der Waals surface area contributed by atoms with Crippen molar-refractivity contribution in [1.82, 2.24) is 0 Å². The predicted octanol–water partition coefficient (Wildman–Crippen LogP) is 2.86. The van der Waals surface area contributed by atoms with Gasteiger partial charge in [0.05, 0.1) is 6.61 Å². The maximum absolute atomic E-state index is 5.44. The third-order valence-corrected chi connectivity index (χ3v) is 1.92. The van der Waals surface area contributed by atoms with Gasteiger partial charge in [0.2, 0.25) is 0 Å². The highest BCUT2D eigenvalue weighted by molar-refractivity contribution is 5.14. The van der Waals surface area contributed by atoms with E-state index in [1.54, 1.807) is 0 Å². The molecule has 0 amide bonds. The molecule has 1 aromatic carbocycles. The Hall–Kier alpha value is -0.820. The topological polar surface area (TPSA) is 9.23 Å². The standard InChI is InChI=1S/C12H17O/c1-2-3-10-13-11-9-12-7-5-4-6-8-12/h4-8H,1-3,9-11H2. The maximum Gasteiger partial charge on any atom is 0.0506 e. The highest BCUT2D eigenvalue weighted by Gasteiger charge is 1.91. The van der Waals surface area contributed by atoms with Crippen LogP contribution in [-0.4, -0.2) is 13.2 Å². The van der Waals surface area contributed by atoms with E-state index in [9.17, 15) is 0 Å². The summed E-state index contributed by atoms with van der Waals surface area (Å²) in [4.78, 5) is 0. The van der Waals surface area contributed by atoms with Gasteiger partial charge in [0.15, 0.2) is 0 Å². The summed E-state index contributed by atoms with van der Waals surface area (Å²) in [5, 5.41) is 0. The molecule has 0 aliphatic heterocycles. The zero-order valence-corrected chi connectivity index (χ0v) is 8.04. The molecule has 0 saturated carbocycles. The Morgan fingerprint density at radius 1 is 1.08 bits per heavy atom. The molecular weight excluding hydrogens is 160 g/mol. The van der Waals surface area contributed by atoms with E-state index in [4.69, 9.17) is 4.74 Å². The van der Waals surface area contributed by atoms with Crippen molar-refractivity contribution in [3.8, 4) is 0 Å². The van der Waals surface area contributed by atoms with Gasteiger partial charge in [0, 0.05) is 6.61 Å². The van der Waals surface area contributed by atoms with E-state index in [0.29, 0.717) is 0 Å². The van der Waals surface area contributed by atoms with E-state index >= 15 is 0 Å². The van der Waals surface area contributed by atoms with E-state index in [0.717, 1.165) is 32.5 Å². The van der Waals surface area contributed by atoms with Crippen molar-refractivity contribution in [1.29, 1.82) is 0 Å². The largest absolute Gasteiger partial charge is 0.381 e. The summed E-state index contributed by atoms with van der Waals surface area (Å²) < 4.78 is 5.44. The smallest absolute Gasteiger partial charge is 0.0506 e. The Bertz CT molecular complexity index is 206. The lowest BCUT2D eigenvalue weighted by Gasteiger charge is -2.02. The van der Waals surface area contributed by atoms with Gasteiger partial charge in [-0.05, 0) is 18.4 Å². The average Bonchev–Trinajstić information content (AvgIpc) is 2.19. The molecule has 0 N–H and O–H groups in total. The molecule has 71 valence electrons. The first-order chi connectivity index (χ1) is 6.43.